The van der Waals surface area contributed by atoms with Crippen LogP contribution < -0.4 is 0 Å². The van der Waals surface area contributed by atoms with Crippen LogP contribution in [0.5, 0.6) is 0 Å². The Hall–Kier alpha value is -0.490. The maximum atomic E-state index is 11.8. The van der Waals surface area contributed by atoms with Crippen molar-refractivity contribution >= 4 is 33.4 Å². The number of rotatable bonds is 2. The van der Waals surface area contributed by atoms with Crippen LogP contribution in [0.15, 0.2) is 0 Å². The van der Waals surface area contributed by atoms with Gasteiger partial charge in [0.25, 0.3) is 5.91 Å². The van der Waals surface area contributed by atoms with Gasteiger partial charge in [0.15, 0.2) is 0 Å². The second-order valence-electron chi connectivity index (χ2n) is 3.42. The highest BCUT2D eigenvalue weighted by atomic mass is 79.9. The molecule has 1 aromatic heterocycles. The summed E-state index contributed by atoms with van der Waals surface area (Å²) in [5.74, 6) is 0.690. The number of carbonyl (C=O) groups is 1. The molecule has 2 heterocycles. The molecule has 1 aliphatic heterocycles. The minimum atomic E-state index is 0.0784. The van der Waals surface area contributed by atoms with Gasteiger partial charge in [-0.15, -0.1) is 5.10 Å². The van der Waals surface area contributed by atoms with E-state index < -0.39 is 0 Å². The Balaban J connectivity index is 2.01. The fraction of sp³-hybridized carbons (Fsp3) is 0.625. The predicted molar refractivity (Wildman–Crippen MR) is 57.8 cm³/mol. The zero-order chi connectivity index (χ0) is 10.1. The Labute approximate surface area is 94.6 Å². The van der Waals surface area contributed by atoms with E-state index in [1.54, 1.807) is 0 Å². The summed E-state index contributed by atoms with van der Waals surface area (Å²) in [6.45, 7) is 3.52. The number of halogens is 1. The van der Waals surface area contributed by atoms with E-state index in [1.165, 1.54) is 11.5 Å². The Morgan fingerprint density at radius 3 is 2.93 bits per heavy atom. The van der Waals surface area contributed by atoms with Gasteiger partial charge in [-0.3, -0.25) is 4.79 Å². The third kappa shape index (κ3) is 1.68. The zero-order valence-corrected chi connectivity index (χ0v) is 10.1. The summed E-state index contributed by atoms with van der Waals surface area (Å²) in [4.78, 5) is 14.3. The average molecular weight is 276 g/mol. The minimum absolute atomic E-state index is 0.0784. The number of hydrogen-bond donors (Lipinski definition) is 0. The molecule has 14 heavy (non-hydrogen) atoms. The normalized spacial score (nSPS) is 16.9. The minimum Gasteiger partial charge on any atom is -0.337 e. The summed E-state index contributed by atoms with van der Waals surface area (Å²) in [6, 6.07) is 0. The summed E-state index contributed by atoms with van der Waals surface area (Å²) in [5.41, 5.74) is 0.738. The summed E-state index contributed by atoms with van der Waals surface area (Å²) < 4.78 is 3.76. The SMILES string of the molecule is Cc1nnsc1C(=O)N1CC(CBr)C1. The average Bonchev–Trinajstić information content (AvgIpc) is 2.49. The van der Waals surface area contributed by atoms with Crippen LogP contribution in [0.2, 0.25) is 0 Å². The molecule has 0 aliphatic carbocycles. The molecule has 6 heteroatoms. The van der Waals surface area contributed by atoms with Gasteiger partial charge < -0.3 is 4.90 Å². The molecule has 0 radical (unpaired) electrons. The lowest BCUT2D eigenvalue weighted by Crippen LogP contribution is -2.50. The standard InChI is InChI=1S/C8H10BrN3OS/c1-5-7(14-11-10-5)8(13)12-3-6(2-9)4-12/h6H,2-4H2,1H3. The van der Waals surface area contributed by atoms with Crippen LogP contribution in [0.4, 0.5) is 0 Å². The molecule has 0 saturated carbocycles. The van der Waals surface area contributed by atoms with Crippen molar-refractivity contribution in [2.45, 2.75) is 6.92 Å². The van der Waals surface area contributed by atoms with E-state index in [-0.39, 0.29) is 5.91 Å². The molecular formula is C8H10BrN3OS. The van der Waals surface area contributed by atoms with Crippen LogP contribution in [-0.2, 0) is 0 Å². The second-order valence-corrected chi connectivity index (χ2v) is 4.82. The van der Waals surface area contributed by atoms with Crippen molar-refractivity contribution in [1.82, 2.24) is 14.5 Å². The molecule has 1 aromatic rings. The van der Waals surface area contributed by atoms with E-state index in [1.807, 2.05) is 11.8 Å². The van der Waals surface area contributed by atoms with Crippen LogP contribution in [0.3, 0.4) is 0 Å². The van der Waals surface area contributed by atoms with Crippen LogP contribution in [-0.4, -0.2) is 38.8 Å². The second kappa shape index (κ2) is 3.94. The highest BCUT2D eigenvalue weighted by Crippen LogP contribution is 2.22. The molecule has 0 N–H and O–H groups in total. The molecule has 1 saturated heterocycles. The lowest BCUT2D eigenvalue weighted by Gasteiger charge is -2.38. The van der Waals surface area contributed by atoms with Crippen molar-refractivity contribution < 1.29 is 4.79 Å². The fourth-order valence-electron chi connectivity index (χ4n) is 1.40. The fourth-order valence-corrected chi connectivity index (χ4v) is 2.44. The van der Waals surface area contributed by atoms with Gasteiger partial charge in [0.1, 0.15) is 4.88 Å². The van der Waals surface area contributed by atoms with Gasteiger partial charge in [0.05, 0.1) is 5.69 Å². The first-order valence-corrected chi connectivity index (χ1v) is 6.26. The lowest BCUT2D eigenvalue weighted by molar-refractivity contribution is 0.0543. The highest BCUT2D eigenvalue weighted by Gasteiger charge is 2.31. The van der Waals surface area contributed by atoms with Gasteiger partial charge in [-0.1, -0.05) is 20.4 Å². The smallest absolute Gasteiger partial charge is 0.267 e. The predicted octanol–water partition coefficient (Wildman–Crippen LogP) is 1.31. The van der Waals surface area contributed by atoms with Crippen LogP contribution in [0, 0.1) is 12.8 Å². The van der Waals surface area contributed by atoms with E-state index in [9.17, 15) is 4.79 Å². The molecule has 0 unspecified atom stereocenters. The molecule has 1 aliphatic rings. The number of alkyl halides is 1. The number of amides is 1. The van der Waals surface area contributed by atoms with Gasteiger partial charge in [-0.05, 0) is 18.5 Å². The van der Waals surface area contributed by atoms with E-state index in [4.69, 9.17) is 0 Å². The molecule has 2 rings (SSSR count). The Morgan fingerprint density at radius 2 is 2.43 bits per heavy atom. The maximum Gasteiger partial charge on any atom is 0.267 e. The van der Waals surface area contributed by atoms with Crippen molar-refractivity contribution in [3.05, 3.63) is 10.6 Å². The maximum absolute atomic E-state index is 11.8. The number of hydrogen-bond acceptors (Lipinski definition) is 4. The Kier molecular flexibility index (Phi) is 2.83. The van der Waals surface area contributed by atoms with Crippen molar-refractivity contribution in [2.75, 3.05) is 18.4 Å². The van der Waals surface area contributed by atoms with Crippen molar-refractivity contribution in [2.24, 2.45) is 5.92 Å². The molecule has 0 spiro atoms. The zero-order valence-electron chi connectivity index (χ0n) is 7.73. The first-order valence-electron chi connectivity index (χ1n) is 4.36. The number of nitrogens with zero attached hydrogens (tertiary/aromatic N) is 3. The quantitative estimate of drug-likeness (QED) is 0.765. The Morgan fingerprint density at radius 1 is 1.71 bits per heavy atom. The monoisotopic (exact) mass is 275 g/mol. The lowest BCUT2D eigenvalue weighted by atomic mass is 10.0. The summed E-state index contributed by atoms with van der Waals surface area (Å²) in [5, 5.41) is 4.80. The van der Waals surface area contributed by atoms with Gasteiger partial charge in [0, 0.05) is 24.3 Å². The molecule has 1 fully saturated rings. The van der Waals surface area contributed by atoms with Crippen molar-refractivity contribution in [1.29, 1.82) is 0 Å². The molecule has 0 atom stereocenters. The number of aromatic nitrogens is 2. The molecule has 76 valence electrons. The van der Waals surface area contributed by atoms with Crippen molar-refractivity contribution in [3.63, 3.8) is 0 Å². The topological polar surface area (TPSA) is 46.1 Å². The highest BCUT2D eigenvalue weighted by molar-refractivity contribution is 9.09. The van der Waals surface area contributed by atoms with Crippen molar-refractivity contribution in [3.8, 4) is 0 Å². The van der Waals surface area contributed by atoms with Gasteiger partial charge >= 0.3 is 0 Å². The number of likely N-dealkylation sites (tertiary alicyclic amines) is 1. The number of carbonyl (C=O) groups excluding carboxylic acids is 1. The first-order chi connectivity index (χ1) is 6.72. The van der Waals surface area contributed by atoms with Crippen LogP contribution in [0.1, 0.15) is 15.4 Å². The molecule has 0 aromatic carbocycles. The third-order valence-corrected chi connectivity index (χ3v) is 4.04. The van der Waals surface area contributed by atoms with Gasteiger partial charge in [-0.25, -0.2) is 0 Å². The van der Waals surface area contributed by atoms with E-state index in [2.05, 4.69) is 25.5 Å². The molecule has 4 nitrogen and oxygen atoms in total. The van der Waals surface area contributed by atoms with Crippen LogP contribution >= 0.6 is 27.5 Å². The molecule has 1 amide bonds. The molecular weight excluding hydrogens is 266 g/mol. The van der Waals surface area contributed by atoms with E-state index in [0.29, 0.717) is 10.8 Å². The number of aryl methyl sites for hydroxylation is 1. The third-order valence-electron chi connectivity index (χ3n) is 2.31. The Bertz CT molecular complexity index is 348. The largest absolute Gasteiger partial charge is 0.337 e. The van der Waals surface area contributed by atoms with E-state index >= 15 is 0 Å². The first kappa shape index (κ1) is 10.0. The van der Waals surface area contributed by atoms with Gasteiger partial charge in [-0.2, -0.15) is 0 Å². The summed E-state index contributed by atoms with van der Waals surface area (Å²) in [7, 11) is 0. The summed E-state index contributed by atoms with van der Waals surface area (Å²) in [6.07, 6.45) is 0. The van der Waals surface area contributed by atoms with E-state index in [0.717, 1.165) is 24.1 Å². The summed E-state index contributed by atoms with van der Waals surface area (Å²) >= 11 is 4.59. The van der Waals surface area contributed by atoms with Crippen LogP contribution in [0.25, 0.3) is 0 Å². The molecule has 0 bridgehead atoms. The van der Waals surface area contributed by atoms with Gasteiger partial charge in [0.2, 0.25) is 0 Å².